The summed E-state index contributed by atoms with van der Waals surface area (Å²) in [6, 6.07) is 7.89. The first-order valence-corrected chi connectivity index (χ1v) is 5.51. The zero-order chi connectivity index (χ0) is 10.8. The molecule has 78 valence electrons. The van der Waals surface area contributed by atoms with Gasteiger partial charge in [-0.05, 0) is 36.2 Å². The number of nitrogens with two attached hydrogens (primary N) is 1. The van der Waals surface area contributed by atoms with E-state index in [4.69, 9.17) is 10.2 Å². The van der Waals surface area contributed by atoms with Crippen LogP contribution in [0.1, 0.15) is 22.7 Å². The van der Waals surface area contributed by atoms with Crippen LogP contribution < -0.4 is 5.73 Å². The van der Waals surface area contributed by atoms with Crippen LogP contribution in [0.15, 0.2) is 45.7 Å². The van der Waals surface area contributed by atoms with Crippen molar-refractivity contribution < 1.29 is 4.42 Å². The number of aryl methyl sites for hydroxylation is 1. The summed E-state index contributed by atoms with van der Waals surface area (Å²) in [4.78, 5) is 0. The Balaban J connectivity index is 2.38. The van der Waals surface area contributed by atoms with Crippen molar-refractivity contribution >= 4 is 15.9 Å². The summed E-state index contributed by atoms with van der Waals surface area (Å²) >= 11 is 3.43. The molecule has 1 atom stereocenters. The Labute approximate surface area is 97.2 Å². The van der Waals surface area contributed by atoms with E-state index < -0.39 is 0 Å². The molecule has 1 aromatic heterocycles. The van der Waals surface area contributed by atoms with Crippen LogP contribution in [0.5, 0.6) is 0 Å². The third-order valence-corrected chi connectivity index (χ3v) is 2.96. The Morgan fingerprint density at radius 2 is 2.13 bits per heavy atom. The topological polar surface area (TPSA) is 39.2 Å². The molecule has 0 aliphatic rings. The van der Waals surface area contributed by atoms with Gasteiger partial charge in [0.1, 0.15) is 0 Å². The minimum atomic E-state index is -0.114. The van der Waals surface area contributed by atoms with Crippen LogP contribution in [-0.4, -0.2) is 0 Å². The zero-order valence-electron chi connectivity index (χ0n) is 8.41. The van der Waals surface area contributed by atoms with E-state index >= 15 is 0 Å². The molecule has 0 radical (unpaired) electrons. The van der Waals surface area contributed by atoms with E-state index in [1.807, 2.05) is 18.2 Å². The molecule has 2 N–H and O–H groups in total. The lowest BCUT2D eigenvalue weighted by molar-refractivity contribution is 0.562. The predicted molar refractivity (Wildman–Crippen MR) is 63.6 cm³/mol. The Bertz CT molecular complexity index is 451. The molecule has 0 spiro atoms. The molecule has 3 heteroatoms. The minimum absolute atomic E-state index is 0.114. The van der Waals surface area contributed by atoms with Crippen molar-refractivity contribution in [2.75, 3.05) is 0 Å². The van der Waals surface area contributed by atoms with E-state index in [0.717, 1.165) is 15.6 Å². The van der Waals surface area contributed by atoms with E-state index in [9.17, 15) is 0 Å². The summed E-state index contributed by atoms with van der Waals surface area (Å²) in [5, 5.41) is 0. The van der Waals surface area contributed by atoms with Crippen molar-refractivity contribution in [3.8, 4) is 0 Å². The Morgan fingerprint density at radius 3 is 2.73 bits per heavy atom. The summed E-state index contributed by atoms with van der Waals surface area (Å²) in [5.41, 5.74) is 9.44. The normalized spacial score (nSPS) is 12.7. The third kappa shape index (κ3) is 2.13. The van der Waals surface area contributed by atoms with E-state index in [2.05, 4.69) is 28.9 Å². The van der Waals surface area contributed by atoms with Gasteiger partial charge in [-0.2, -0.15) is 0 Å². The van der Waals surface area contributed by atoms with Crippen LogP contribution in [0.3, 0.4) is 0 Å². The average molecular weight is 266 g/mol. The molecule has 2 aromatic rings. The molecule has 0 aliphatic heterocycles. The largest absolute Gasteiger partial charge is 0.472 e. The monoisotopic (exact) mass is 265 g/mol. The number of hydrogen-bond donors (Lipinski definition) is 1. The van der Waals surface area contributed by atoms with Gasteiger partial charge in [0.15, 0.2) is 0 Å². The van der Waals surface area contributed by atoms with Gasteiger partial charge < -0.3 is 10.2 Å². The minimum Gasteiger partial charge on any atom is -0.472 e. The van der Waals surface area contributed by atoms with Gasteiger partial charge in [0.05, 0.1) is 18.6 Å². The summed E-state index contributed by atoms with van der Waals surface area (Å²) in [5.74, 6) is 0. The number of halogens is 1. The highest BCUT2D eigenvalue weighted by atomic mass is 79.9. The molecule has 0 fully saturated rings. The molecular weight excluding hydrogens is 254 g/mol. The fraction of sp³-hybridized carbons (Fsp3) is 0.167. The Kier molecular flexibility index (Phi) is 2.93. The average Bonchev–Trinajstić information content (AvgIpc) is 2.69. The highest BCUT2D eigenvalue weighted by Crippen LogP contribution is 2.25. The fourth-order valence-corrected chi connectivity index (χ4v) is 2.10. The Hall–Kier alpha value is -1.06. The highest BCUT2D eigenvalue weighted by Gasteiger charge is 2.12. The van der Waals surface area contributed by atoms with Crippen molar-refractivity contribution in [1.82, 2.24) is 0 Å². The van der Waals surface area contributed by atoms with Crippen LogP contribution in [0.25, 0.3) is 0 Å². The van der Waals surface area contributed by atoms with Gasteiger partial charge in [0.2, 0.25) is 0 Å². The lowest BCUT2D eigenvalue weighted by atomic mass is 9.98. The molecule has 2 rings (SSSR count). The molecule has 1 unspecified atom stereocenters. The second-order valence-electron chi connectivity index (χ2n) is 3.54. The smallest absolute Gasteiger partial charge is 0.0953 e. The van der Waals surface area contributed by atoms with Crippen molar-refractivity contribution in [2.24, 2.45) is 5.73 Å². The van der Waals surface area contributed by atoms with Crippen LogP contribution in [0.2, 0.25) is 0 Å². The molecule has 0 saturated heterocycles. The molecule has 0 aliphatic carbocycles. The van der Waals surface area contributed by atoms with Crippen LogP contribution >= 0.6 is 15.9 Å². The molecule has 0 amide bonds. The number of benzene rings is 1. The van der Waals surface area contributed by atoms with Crippen LogP contribution in [0, 0.1) is 6.92 Å². The van der Waals surface area contributed by atoms with Gasteiger partial charge in [-0.15, -0.1) is 0 Å². The van der Waals surface area contributed by atoms with Gasteiger partial charge in [-0.3, -0.25) is 0 Å². The maximum absolute atomic E-state index is 6.14. The first-order valence-electron chi connectivity index (χ1n) is 4.72. The number of hydrogen-bond acceptors (Lipinski definition) is 2. The van der Waals surface area contributed by atoms with Crippen LogP contribution in [0.4, 0.5) is 0 Å². The maximum Gasteiger partial charge on any atom is 0.0953 e. The molecule has 2 nitrogen and oxygen atoms in total. The first-order chi connectivity index (χ1) is 7.18. The van der Waals surface area contributed by atoms with Gasteiger partial charge in [-0.25, -0.2) is 0 Å². The SMILES string of the molecule is Cc1cc(Br)ccc1C(N)c1ccoc1. The van der Waals surface area contributed by atoms with Crippen molar-refractivity contribution in [3.63, 3.8) is 0 Å². The lowest BCUT2D eigenvalue weighted by Gasteiger charge is -2.13. The van der Waals surface area contributed by atoms with E-state index in [1.54, 1.807) is 12.5 Å². The molecule has 1 aromatic carbocycles. The quantitative estimate of drug-likeness (QED) is 0.904. The molecule has 0 saturated carbocycles. The van der Waals surface area contributed by atoms with Gasteiger partial charge in [0.25, 0.3) is 0 Å². The highest BCUT2D eigenvalue weighted by molar-refractivity contribution is 9.10. The first kappa shape index (κ1) is 10.5. The van der Waals surface area contributed by atoms with Crippen molar-refractivity contribution in [1.29, 1.82) is 0 Å². The van der Waals surface area contributed by atoms with Crippen molar-refractivity contribution in [2.45, 2.75) is 13.0 Å². The maximum atomic E-state index is 6.14. The molecule has 1 heterocycles. The molecular formula is C12H12BrNO. The Morgan fingerprint density at radius 1 is 1.33 bits per heavy atom. The summed E-state index contributed by atoms with van der Waals surface area (Å²) in [7, 11) is 0. The van der Waals surface area contributed by atoms with Crippen LogP contribution in [-0.2, 0) is 0 Å². The van der Waals surface area contributed by atoms with E-state index in [0.29, 0.717) is 0 Å². The second kappa shape index (κ2) is 4.21. The second-order valence-corrected chi connectivity index (χ2v) is 4.45. The fourth-order valence-electron chi connectivity index (χ4n) is 1.62. The standard InChI is InChI=1S/C12H12BrNO/c1-8-6-10(13)2-3-11(8)12(14)9-4-5-15-7-9/h2-7,12H,14H2,1H3. The van der Waals surface area contributed by atoms with E-state index in [-0.39, 0.29) is 6.04 Å². The van der Waals surface area contributed by atoms with Crippen molar-refractivity contribution in [3.05, 3.63) is 58.0 Å². The summed E-state index contributed by atoms with van der Waals surface area (Å²) < 4.78 is 6.10. The van der Waals surface area contributed by atoms with Gasteiger partial charge in [0, 0.05) is 10.0 Å². The van der Waals surface area contributed by atoms with E-state index in [1.165, 1.54) is 5.56 Å². The lowest BCUT2D eigenvalue weighted by Crippen LogP contribution is -2.12. The predicted octanol–water partition coefficient (Wildman–Crippen LogP) is 3.40. The number of furan rings is 1. The zero-order valence-corrected chi connectivity index (χ0v) is 9.99. The molecule has 15 heavy (non-hydrogen) atoms. The molecule has 0 bridgehead atoms. The summed E-state index contributed by atoms with van der Waals surface area (Å²) in [6.07, 6.45) is 3.33. The number of rotatable bonds is 2. The van der Waals surface area contributed by atoms with Gasteiger partial charge in [-0.1, -0.05) is 22.0 Å². The third-order valence-electron chi connectivity index (χ3n) is 2.47. The van der Waals surface area contributed by atoms with Gasteiger partial charge >= 0.3 is 0 Å². The summed E-state index contributed by atoms with van der Waals surface area (Å²) in [6.45, 7) is 2.06.